The van der Waals surface area contributed by atoms with Crippen LogP contribution in [0, 0.1) is 7.11 Å². The summed E-state index contributed by atoms with van der Waals surface area (Å²) in [4.78, 5) is 0. The van der Waals surface area contributed by atoms with Crippen molar-refractivity contribution in [1.82, 2.24) is 5.32 Å². The molecule has 2 nitrogen and oxygen atoms in total. The third-order valence-corrected chi connectivity index (χ3v) is 0.657. The second-order valence-corrected chi connectivity index (χ2v) is 1.05. The summed E-state index contributed by atoms with van der Waals surface area (Å²) < 4.78 is 4.27. The molecule has 0 aliphatic carbocycles. The predicted octanol–water partition coefficient (Wildman–Crippen LogP) is 0.299. The van der Waals surface area contributed by atoms with Gasteiger partial charge in [0.05, 0.1) is 0 Å². The summed E-state index contributed by atoms with van der Waals surface area (Å²) in [6, 6.07) is 0. The third kappa shape index (κ3) is 1.96. The number of nitrogens with one attached hydrogen (secondary N) is 1. The minimum Gasteiger partial charge on any atom is -0.467 e. The summed E-state index contributed by atoms with van der Waals surface area (Å²) in [6.07, 6.45) is 0. The Bertz CT molecular complexity index is 48.8. The maximum Gasteiger partial charge on any atom is 0.256 e. The lowest BCUT2D eigenvalue weighted by Crippen LogP contribution is -2.15. The normalized spacial score (nSPS) is 7.00. The van der Waals surface area contributed by atoms with Crippen molar-refractivity contribution in [2.75, 3.05) is 7.05 Å². The second-order valence-electron chi connectivity index (χ2n) is 0.682. The lowest BCUT2D eigenvalue weighted by molar-refractivity contribution is 0.456. The number of hydrogen-bond donors (Lipinski definition) is 1. The Hall–Kier alpha value is -0.310. The van der Waals surface area contributed by atoms with Crippen LogP contribution in [0.5, 0.6) is 0 Å². The molecule has 0 bridgehead atoms. The van der Waals surface area contributed by atoms with Gasteiger partial charge < -0.3 is 10.1 Å². The standard InChI is InChI=1S/C3H6NOS/c1-4-3(6)5-2/h2H2,1H3,(H,4,6). The second kappa shape index (κ2) is 2.90. The van der Waals surface area contributed by atoms with E-state index < -0.39 is 0 Å². The fourth-order valence-electron chi connectivity index (χ4n) is 0.0722. The molecule has 6 heavy (non-hydrogen) atoms. The molecule has 1 radical (unpaired) electrons. The van der Waals surface area contributed by atoms with Crippen molar-refractivity contribution in [3.8, 4) is 0 Å². The summed E-state index contributed by atoms with van der Waals surface area (Å²) in [6.45, 7) is 0. The van der Waals surface area contributed by atoms with E-state index in [-0.39, 0.29) is 0 Å². The van der Waals surface area contributed by atoms with Gasteiger partial charge in [-0.3, -0.25) is 0 Å². The Balaban J connectivity index is 2.99. The highest BCUT2D eigenvalue weighted by molar-refractivity contribution is 7.80. The molecule has 0 heterocycles. The van der Waals surface area contributed by atoms with Crippen LogP contribution in [0.4, 0.5) is 0 Å². The Kier molecular flexibility index (Phi) is 2.75. The molecule has 35 valence electrons. The van der Waals surface area contributed by atoms with E-state index in [4.69, 9.17) is 0 Å². The van der Waals surface area contributed by atoms with Gasteiger partial charge in [-0.15, -0.1) is 0 Å². The van der Waals surface area contributed by atoms with Crippen LogP contribution in [0.3, 0.4) is 0 Å². The first kappa shape index (κ1) is 5.69. The van der Waals surface area contributed by atoms with E-state index in [1.54, 1.807) is 7.05 Å². The van der Waals surface area contributed by atoms with E-state index in [9.17, 15) is 0 Å². The number of hydrogen-bond acceptors (Lipinski definition) is 2. The van der Waals surface area contributed by atoms with Gasteiger partial charge in [0.1, 0.15) is 7.11 Å². The van der Waals surface area contributed by atoms with Gasteiger partial charge in [-0.2, -0.15) is 0 Å². The van der Waals surface area contributed by atoms with E-state index in [1.807, 2.05) is 0 Å². The molecule has 0 aromatic carbocycles. The fraction of sp³-hybridized carbons (Fsp3) is 0.333. The Morgan fingerprint density at radius 3 is 2.50 bits per heavy atom. The van der Waals surface area contributed by atoms with Gasteiger partial charge in [-0.05, 0) is 12.2 Å². The van der Waals surface area contributed by atoms with E-state index in [0.717, 1.165) is 0 Å². The molecule has 0 saturated carbocycles. The molecular formula is C3H6NOS. The van der Waals surface area contributed by atoms with Crippen molar-refractivity contribution in [2.45, 2.75) is 0 Å². The predicted molar refractivity (Wildman–Crippen MR) is 28.1 cm³/mol. The molecule has 0 rings (SSSR count). The molecule has 0 aliphatic rings. The van der Waals surface area contributed by atoms with Crippen LogP contribution in [0.1, 0.15) is 0 Å². The number of rotatable bonds is 0. The molecule has 1 N–H and O–H groups in total. The van der Waals surface area contributed by atoms with E-state index in [2.05, 4.69) is 29.4 Å². The van der Waals surface area contributed by atoms with Gasteiger partial charge in [-0.1, -0.05) is 0 Å². The first-order chi connectivity index (χ1) is 2.81. The summed E-state index contributed by atoms with van der Waals surface area (Å²) >= 11 is 4.46. The van der Waals surface area contributed by atoms with Crippen molar-refractivity contribution in [3.63, 3.8) is 0 Å². The number of ether oxygens (including phenoxy) is 1. The zero-order valence-electron chi connectivity index (χ0n) is 3.52. The maximum absolute atomic E-state index is 4.46. The average molecular weight is 104 g/mol. The van der Waals surface area contributed by atoms with E-state index in [1.165, 1.54) is 0 Å². The summed E-state index contributed by atoms with van der Waals surface area (Å²) in [5, 5.41) is 2.88. The van der Waals surface area contributed by atoms with Gasteiger partial charge in [0.25, 0.3) is 5.17 Å². The first-order valence-electron chi connectivity index (χ1n) is 1.45. The molecule has 0 atom stereocenters. The molecule has 0 aromatic heterocycles. The highest BCUT2D eigenvalue weighted by Gasteiger charge is 1.78. The maximum atomic E-state index is 4.46. The zero-order valence-corrected chi connectivity index (χ0v) is 4.34. The topological polar surface area (TPSA) is 21.3 Å². The molecule has 0 aliphatic heterocycles. The van der Waals surface area contributed by atoms with Crippen LogP contribution in [0.15, 0.2) is 0 Å². The minimum absolute atomic E-state index is 0.315. The van der Waals surface area contributed by atoms with Crippen molar-refractivity contribution in [1.29, 1.82) is 0 Å². The van der Waals surface area contributed by atoms with Gasteiger partial charge in [0.2, 0.25) is 0 Å². The molecule has 0 amide bonds. The molecule has 3 heteroatoms. The van der Waals surface area contributed by atoms with Crippen LogP contribution >= 0.6 is 12.2 Å². The van der Waals surface area contributed by atoms with Gasteiger partial charge in [0.15, 0.2) is 0 Å². The van der Waals surface area contributed by atoms with Crippen LogP contribution in [0.25, 0.3) is 0 Å². The fourth-order valence-corrected chi connectivity index (χ4v) is 0.0722. The van der Waals surface area contributed by atoms with Crippen molar-refractivity contribution in [3.05, 3.63) is 7.11 Å². The molecule has 0 fully saturated rings. The SMILES string of the molecule is [CH2]OC(=S)NC. The van der Waals surface area contributed by atoms with Crippen molar-refractivity contribution < 1.29 is 4.74 Å². The third-order valence-electron chi connectivity index (χ3n) is 0.335. The molecule has 0 saturated heterocycles. The van der Waals surface area contributed by atoms with Crippen LogP contribution in [0.2, 0.25) is 0 Å². The van der Waals surface area contributed by atoms with Gasteiger partial charge in [-0.25, -0.2) is 0 Å². The van der Waals surface area contributed by atoms with E-state index >= 15 is 0 Å². The van der Waals surface area contributed by atoms with Crippen LogP contribution in [-0.2, 0) is 4.74 Å². The summed E-state index contributed by atoms with van der Waals surface area (Å²) in [5.74, 6) is 0. The highest BCUT2D eigenvalue weighted by atomic mass is 32.1. The average Bonchev–Trinajstić information content (AvgIpc) is 1.65. The smallest absolute Gasteiger partial charge is 0.256 e. The van der Waals surface area contributed by atoms with Gasteiger partial charge >= 0.3 is 0 Å². The molecule has 0 aromatic rings. The monoisotopic (exact) mass is 104 g/mol. The Labute approximate surface area is 42.5 Å². The summed E-state index contributed by atoms with van der Waals surface area (Å²) in [5.41, 5.74) is 0. The largest absolute Gasteiger partial charge is 0.467 e. The lowest BCUT2D eigenvalue weighted by atomic mass is 11.1. The van der Waals surface area contributed by atoms with Crippen LogP contribution in [-0.4, -0.2) is 12.2 Å². The molecule has 0 unspecified atom stereocenters. The highest BCUT2D eigenvalue weighted by Crippen LogP contribution is 1.67. The molecule has 0 spiro atoms. The first-order valence-corrected chi connectivity index (χ1v) is 1.86. The quantitative estimate of drug-likeness (QED) is 0.446. The van der Waals surface area contributed by atoms with E-state index in [0.29, 0.717) is 5.17 Å². The minimum atomic E-state index is 0.315. The molecular weight excluding hydrogens is 98.1 g/mol. The number of thiocarbonyl (C=S) groups is 1. The Morgan fingerprint density at radius 2 is 2.50 bits per heavy atom. The van der Waals surface area contributed by atoms with Crippen molar-refractivity contribution in [2.24, 2.45) is 0 Å². The lowest BCUT2D eigenvalue weighted by Gasteiger charge is -1.94. The Morgan fingerprint density at radius 1 is 2.00 bits per heavy atom. The van der Waals surface area contributed by atoms with Crippen molar-refractivity contribution >= 4 is 17.4 Å². The zero-order chi connectivity index (χ0) is 4.99. The summed E-state index contributed by atoms with van der Waals surface area (Å²) in [7, 11) is 4.73. The van der Waals surface area contributed by atoms with Gasteiger partial charge in [0, 0.05) is 7.05 Å². The van der Waals surface area contributed by atoms with Crippen LogP contribution < -0.4 is 5.32 Å².